The first kappa shape index (κ1) is 23.6. The molecule has 34 heavy (non-hydrogen) atoms. The van der Waals surface area contributed by atoms with Crippen LogP contribution in [0.25, 0.3) is 11.0 Å². The molecule has 1 aromatic heterocycles. The lowest BCUT2D eigenvalue weighted by molar-refractivity contribution is 0.0954. The maximum atomic E-state index is 12.5. The van der Waals surface area contributed by atoms with E-state index in [9.17, 15) is 4.79 Å². The summed E-state index contributed by atoms with van der Waals surface area (Å²) in [5.41, 5.74) is 6.26. The summed E-state index contributed by atoms with van der Waals surface area (Å²) >= 11 is 0. The SMILES string of the molecule is Cc1cccc(C(=O)NCCc2nc3ccccc3n2CCCCOc2c(C)cccc2C)c1. The Morgan fingerprint density at radius 1 is 0.941 bits per heavy atom. The Bertz CT molecular complexity index is 1260. The largest absolute Gasteiger partial charge is 0.493 e. The first-order valence-corrected chi connectivity index (χ1v) is 12.0. The van der Waals surface area contributed by atoms with Crippen molar-refractivity contribution in [3.8, 4) is 5.75 Å². The highest BCUT2D eigenvalue weighted by atomic mass is 16.5. The van der Waals surface area contributed by atoms with Crippen LogP contribution in [-0.2, 0) is 13.0 Å². The molecule has 5 heteroatoms. The van der Waals surface area contributed by atoms with E-state index in [-0.39, 0.29) is 5.91 Å². The molecule has 1 amide bonds. The first-order valence-electron chi connectivity index (χ1n) is 12.0. The predicted octanol–water partition coefficient (Wildman–Crippen LogP) is 5.79. The summed E-state index contributed by atoms with van der Waals surface area (Å²) in [6.07, 6.45) is 2.64. The van der Waals surface area contributed by atoms with Crippen molar-refractivity contribution in [1.82, 2.24) is 14.9 Å². The van der Waals surface area contributed by atoms with E-state index in [1.54, 1.807) is 0 Å². The zero-order valence-corrected chi connectivity index (χ0v) is 20.3. The fraction of sp³-hybridized carbons (Fsp3) is 0.310. The summed E-state index contributed by atoms with van der Waals surface area (Å²) in [5.74, 6) is 1.96. The van der Waals surface area contributed by atoms with Gasteiger partial charge < -0.3 is 14.6 Å². The van der Waals surface area contributed by atoms with Gasteiger partial charge in [0.15, 0.2) is 0 Å². The molecule has 4 rings (SSSR count). The van der Waals surface area contributed by atoms with Gasteiger partial charge in [0.1, 0.15) is 11.6 Å². The molecule has 0 saturated carbocycles. The monoisotopic (exact) mass is 455 g/mol. The number of rotatable bonds is 10. The van der Waals surface area contributed by atoms with E-state index in [4.69, 9.17) is 9.72 Å². The van der Waals surface area contributed by atoms with Gasteiger partial charge in [-0.3, -0.25) is 4.79 Å². The third-order valence-electron chi connectivity index (χ3n) is 6.08. The van der Waals surface area contributed by atoms with Crippen molar-refractivity contribution in [3.63, 3.8) is 0 Å². The highest BCUT2D eigenvalue weighted by Crippen LogP contribution is 2.23. The number of hydrogen-bond acceptors (Lipinski definition) is 3. The zero-order chi connectivity index (χ0) is 23.9. The van der Waals surface area contributed by atoms with E-state index in [0.29, 0.717) is 25.1 Å². The van der Waals surface area contributed by atoms with Crippen LogP contribution in [0.15, 0.2) is 66.7 Å². The van der Waals surface area contributed by atoms with Crippen LogP contribution in [0, 0.1) is 20.8 Å². The van der Waals surface area contributed by atoms with Crippen LogP contribution in [0.5, 0.6) is 5.75 Å². The number of aromatic nitrogens is 2. The van der Waals surface area contributed by atoms with E-state index in [1.165, 1.54) is 11.1 Å². The van der Waals surface area contributed by atoms with Gasteiger partial charge in [0.2, 0.25) is 0 Å². The molecule has 5 nitrogen and oxygen atoms in total. The molecule has 176 valence electrons. The molecule has 4 aromatic rings. The zero-order valence-electron chi connectivity index (χ0n) is 20.3. The maximum Gasteiger partial charge on any atom is 0.251 e. The number of carbonyl (C=O) groups excluding carboxylic acids is 1. The summed E-state index contributed by atoms with van der Waals surface area (Å²) in [6.45, 7) is 8.28. The summed E-state index contributed by atoms with van der Waals surface area (Å²) in [7, 11) is 0. The van der Waals surface area contributed by atoms with Crippen LogP contribution in [-0.4, -0.2) is 28.6 Å². The third kappa shape index (κ3) is 5.66. The molecule has 0 atom stereocenters. The van der Waals surface area contributed by atoms with Crippen LogP contribution in [0.2, 0.25) is 0 Å². The number of carbonyl (C=O) groups is 1. The Labute approximate surface area is 201 Å². The van der Waals surface area contributed by atoms with Crippen LogP contribution >= 0.6 is 0 Å². The molecule has 1 N–H and O–H groups in total. The minimum Gasteiger partial charge on any atom is -0.493 e. The third-order valence-corrected chi connectivity index (χ3v) is 6.08. The summed E-state index contributed by atoms with van der Waals surface area (Å²) < 4.78 is 8.36. The Morgan fingerprint density at radius 3 is 2.50 bits per heavy atom. The Hall–Kier alpha value is -3.60. The first-order chi connectivity index (χ1) is 16.5. The molecule has 1 heterocycles. The minimum absolute atomic E-state index is 0.0463. The smallest absolute Gasteiger partial charge is 0.251 e. The molecule has 0 radical (unpaired) electrons. The number of ether oxygens (including phenoxy) is 1. The molecule has 0 saturated heterocycles. The Morgan fingerprint density at radius 2 is 1.71 bits per heavy atom. The number of fused-ring (bicyclic) bond motifs is 1. The van der Waals surface area contributed by atoms with Crippen LogP contribution in [0.1, 0.15) is 45.7 Å². The molecule has 0 aliphatic carbocycles. The number of imidazole rings is 1. The van der Waals surface area contributed by atoms with E-state index < -0.39 is 0 Å². The fourth-order valence-corrected chi connectivity index (χ4v) is 4.32. The second kappa shape index (κ2) is 11.0. The predicted molar refractivity (Wildman–Crippen MR) is 138 cm³/mol. The summed E-state index contributed by atoms with van der Waals surface area (Å²) in [5, 5.41) is 3.04. The van der Waals surface area contributed by atoms with E-state index in [2.05, 4.69) is 48.0 Å². The molecule has 0 aliphatic heterocycles. The molecular weight excluding hydrogens is 422 g/mol. The minimum atomic E-state index is -0.0463. The standard InChI is InChI=1S/C29H33N3O2/c1-21-10-8-13-24(20-21)29(33)30-17-16-27-31-25-14-4-5-15-26(25)32(27)18-6-7-19-34-28-22(2)11-9-12-23(28)3/h4-5,8-15,20H,6-7,16-19H2,1-3H3,(H,30,33). The van der Waals surface area contributed by atoms with Gasteiger partial charge in [-0.15, -0.1) is 0 Å². The molecule has 0 unspecified atom stereocenters. The van der Waals surface area contributed by atoms with Crippen molar-refractivity contribution < 1.29 is 9.53 Å². The van der Waals surface area contributed by atoms with Gasteiger partial charge in [0.25, 0.3) is 5.91 Å². The van der Waals surface area contributed by atoms with Crippen molar-refractivity contribution in [2.45, 2.75) is 46.6 Å². The Balaban J connectivity index is 1.35. The van der Waals surface area contributed by atoms with Gasteiger partial charge in [-0.25, -0.2) is 4.98 Å². The molecular formula is C29H33N3O2. The van der Waals surface area contributed by atoms with Crippen molar-refractivity contribution in [2.75, 3.05) is 13.2 Å². The normalized spacial score (nSPS) is 11.0. The topological polar surface area (TPSA) is 56.2 Å². The lowest BCUT2D eigenvalue weighted by Crippen LogP contribution is -2.26. The van der Waals surface area contributed by atoms with Crippen LogP contribution in [0.3, 0.4) is 0 Å². The lowest BCUT2D eigenvalue weighted by atomic mass is 10.1. The fourth-order valence-electron chi connectivity index (χ4n) is 4.32. The van der Waals surface area contributed by atoms with Crippen molar-refractivity contribution >= 4 is 16.9 Å². The number of para-hydroxylation sites is 3. The second-order valence-corrected chi connectivity index (χ2v) is 8.82. The van der Waals surface area contributed by atoms with Crippen LogP contribution in [0.4, 0.5) is 0 Å². The second-order valence-electron chi connectivity index (χ2n) is 8.82. The van der Waals surface area contributed by atoms with Gasteiger partial charge >= 0.3 is 0 Å². The van der Waals surface area contributed by atoms with Crippen molar-refractivity contribution in [3.05, 3.63) is 94.8 Å². The van der Waals surface area contributed by atoms with Gasteiger partial charge in [0, 0.05) is 25.1 Å². The van der Waals surface area contributed by atoms with Gasteiger partial charge in [-0.05, 0) is 69.0 Å². The number of nitrogens with zero attached hydrogens (tertiary/aromatic N) is 2. The van der Waals surface area contributed by atoms with Gasteiger partial charge in [-0.1, -0.05) is 48.0 Å². The molecule has 0 spiro atoms. The van der Waals surface area contributed by atoms with E-state index in [0.717, 1.165) is 47.6 Å². The number of aryl methyl sites for hydroxylation is 4. The van der Waals surface area contributed by atoms with Crippen molar-refractivity contribution in [2.24, 2.45) is 0 Å². The van der Waals surface area contributed by atoms with Gasteiger partial charge in [-0.2, -0.15) is 0 Å². The van der Waals surface area contributed by atoms with Crippen LogP contribution < -0.4 is 10.1 Å². The average molecular weight is 456 g/mol. The maximum absolute atomic E-state index is 12.5. The highest BCUT2D eigenvalue weighted by Gasteiger charge is 2.12. The molecule has 3 aromatic carbocycles. The number of nitrogens with one attached hydrogen (secondary N) is 1. The van der Waals surface area contributed by atoms with Gasteiger partial charge in [0.05, 0.1) is 17.6 Å². The Kier molecular flexibility index (Phi) is 7.63. The number of unbranched alkanes of at least 4 members (excludes halogenated alkanes) is 1. The van der Waals surface area contributed by atoms with E-state index >= 15 is 0 Å². The quantitative estimate of drug-likeness (QED) is 0.308. The number of amides is 1. The average Bonchev–Trinajstić information content (AvgIpc) is 3.18. The number of benzene rings is 3. The molecule has 0 fully saturated rings. The molecule has 0 aliphatic rings. The summed E-state index contributed by atoms with van der Waals surface area (Å²) in [6, 6.07) is 22.1. The highest BCUT2D eigenvalue weighted by molar-refractivity contribution is 5.94. The van der Waals surface area contributed by atoms with Crippen molar-refractivity contribution in [1.29, 1.82) is 0 Å². The summed E-state index contributed by atoms with van der Waals surface area (Å²) in [4.78, 5) is 17.3. The molecule has 0 bridgehead atoms. The van der Waals surface area contributed by atoms with E-state index in [1.807, 2.05) is 49.4 Å². The number of hydrogen-bond donors (Lipinski definition) is 1. The lowest BCUT2D eigenvalue weighted by Gasteiger charge is -2.13.